The van der Waals surface area contributed by atoms with Crippen LogP contribution < -0.4 is 4.90 Å². The van der Waals surface area contributed by atoms with Crippen molar-refractivity contribution in [1.82, 2.24) is 9.78 Å². The van der Waals surface area contributed by atoms with E-state index in [0.717, 1.165) is 43.4 Å². The molecule has 0 spiro atoms. The highest BCUT2D eigenvalue weighted by Gasteiger charge is 2.34. The average Bonchev–Trinajstić information content (AvgIpc) is 3.30. The van der Waals surface area contributed by atoms with E-state index < -0.39 is 5.97 Å². The quantitative estimate of drug-likeness (QED) is 0.401. The smallest absolute Gasteiger partial charge is 0.341 e. The topological polar surface area (TPSA) is 75.4 Å². The van der Waals surface area contributed by atoms with Crippen molar-refractivity contribution in [3.05, 3.63) is 83.6 Å². The summed E-state index contributed by atoms with van der Waals surface area (Å²) in [6.07, 6.45) is 10.3. The number of benzene rings is 2. The summed E-state index contributed by atoms with van der Waals surface area (Å²) < 4.78 is 1.56. The van der Waals surface area contributed by atoms with Crippen molar-refractivity contribution < 1.29 is 14.7 Å². The van der Waals surface area contributed by atoms with Gasteiger partial charge in [0.1, 0.15) is 5.56 Å². The molecular weight excluding hydrogens is 450 g/mol. The Morgan fingerprint density at radius 1 is 1.06 bits per heavy atom. The number of hydrogen-bond acceptors (Lipinski definition) is 3. The fraction of sp³-hybridized carbons (Fsp3) is 0.367. The van der Waals surface area contributed by atoms with Gasteiger partial charge in [-0.1, -0.05) is 61.5 Å². The Labute approximate surface area is 213 Å². The van der Waals surface area contributed by atoms with Crippen LogP contribution in [0.2, 0.25) is 0 Å². The van der Waals surface area contributed by atoms with Crippen LogP contribution in [0, 0.1) is 11.8 Å². The molecule has 1 aliphatic rings. The SMILES string of the molecule is CC1CCC(C(=O)N(c2nn(-c3ccc(/C=C/Cc4ccccc4)cc3)cc2C(=O)O)C(C)C)CC1. The van der Waals surface area contributed by atoms with E-state index in [1.54, 1.807) is 9.58 Å². The minimum absolute atomic E-state index is 0.0245. The number of amides is 1. The fourth-order valence-electron chi connectivity index (χ4n) is 4.82. The summed E-state index contributed by atoms with van der Waals surface area (Å²) >= 11 is 0. The Hall–Kier alpha value is -3.67. The van der Waals surface area contributed by atoms with Gasteiger partial charge in [0.25, 0.3) is 0 Å². The number of hydrogen-bond donors (Lipinski definition) is 1. The molecule has 1 heterocycles. The molecule has 1 N–H and O–H groups in total. The molecule has 2 aromatic carbocycles. The second kappa shape index (κ2) is 11.4. The van der Waals surface area contributed by atoms with Gasteiger partial charge in [0, 0.05) is 18.2 Å². The largest absolute Gasteiger partial charge is 0.477 e. The van der Waals surface area contributed by atoms with Crippen molar-refractivity contribution in [3.8, 4) is 5.69 Å². The van der Waals surface area contributed by atoms with Gasteiger partial charge in [-0.05, 0) is 75.1 Å². The van der Waals surface area contributed by atoms with E-state index in [4.69, 9.17) is 0 Å². The molecule has 3 aromatic rings. The third-order valence-corrected chi connectivity index (χ3v) is 6.94. The van der Waals surface area contributed by atoms with Crippen LogP contribution in [0.1, 0.15) is 67.9 Å². The molecule has 1 aromatic heterocycles. The van der Waals surface area contributed by atoms with Crippen LogP contribution in [0.4, 0.5) is 5.82 Å². The molecule has 0 radical (unpaired) electrons. The fourth-order valence-corrected chi connectivity index (χ4v) is 4.82. The van der Waals surface area contributed by atoms with E-state index in [2.05, 4.69) is 36.3 Å². The van der Waals surface area contributed by atoms with E-state index >= 15 is 0 Å². The van der Waals surface area contributed by atoms with Gasteiger partial charge in [-0.15, -0.1) is 5.10 Å². The van der Waals surface area contributed by atoms with E-state index in [-0.39, 0.29) is 29.2 Å². The van der Waals surface area contributed by atoms with Gasteiger partial charge in [-0.2, -0.15) is 0 Å². The maximum Gasteiger partial charge on any atom is 0.341 e. The molecule has 1 aliphatic carbocycles. The maximum absolute atomic E-state index is 13.5. The van der Waals surface area contributed by atoms with Gasteiger partial charge in [-0.3, -0.25) is 9.69 Å². The third-order valence-electron chi connectivity index (χ3n) is 6.94. The normalized spacial score (nSPS) is 18.0. The first-order chi connectivity index (χ1) is 17.3. The number of carbonyl (C=O) groups excluding carboxylic acids is 1. The van der Waals surface area contributed by atoms with Crippen LogP contribution in [-0.2, 0) is 11.2 Å². The Bertz CT molecular complexity index is 1200. The zero-order valence-electron chi connectivity index (χ0n) is 21.3. The first kappa shape index (κ1) is 25.4. The zero-order chi connectivity index (χ0) is 25.7. The molecule has 4 rings (SSSR count). The summed E-state index contributed by atoms with van der Waals surface area (Å²) in [6, 6.07) is 17.9. The molecule has 6 nitrogen and oxygen atoms in total. The van der Waals surface area contributed by atoms with Crippen molar-refractivity contribution >= 4 is 23.8 Å². The second-order valence-corrected chi connectivity index (χ2v) is 10.1. The van der Waals surface area contributed by atoms with E-state index in [1.165, 1.54) is 11.8 Å². The summed E-state index contributed by atoms with van der Waals surface area (Å²) in [6.45, 7) is 6.03. The number of anilines is 1. The first-order valence-corrected chi connectivity index (χ1v) is 12.8. The van der Waals surface area contributed by atoms with Crippen LogP contribution in [0.5, 0.6) is 0 Å². The molecule has 1 fully saturated rings. The molecule has 1 amide bonds. The van der Waals surface area contributed by atoms with Gasteiger partial charge < -0.3 is 5.11 Å². The first-order valence-electron chi connectivity index (χ1n) is 12.8. The van der Waals surface area contributed by atoms with Crippen molar-refractivity contribution in [3.63, 3.8) is 0 Å². The maximum atomic E-state index is 13.5. The average molecular weight is 486 g/mol. The summed E-state index contributed by atoms with van der Waals surface area (Å²) in [5.41, 5.74) is 3.08. The van der Waals surface area contributed by atoms with E-state index in [9.17, 15) is 14.7 Å². The number of rotatable bonds is 8. The van der Waals surface area contributed by atoms with Crippen LogP contribution in [-0.4, -0.2) is 32.8 Å². The Balaban J connectivity index is 1.55. The standard InChI is InChI=1S/C30H35N3O3/c1-21(2)33(29(34)25-16-12-22(3)13-17-25)28-27(30(35)36)20-32(31-28)26-18-14-24(15-19-26)11-7-10-23-8-5-4-6-9-23/h4-9,11,14-15,18-22,25H,10,12-13,16-17H2,1-3H3,(H,35,36)/b11-7+. The highest BCUT2D eigenvalue weighted by molar-refractivity contribution is 6.01. The highest BCUT2D eigenvalue weighted by atomic mass is 16.4. The van der Waals surface area contributed by atoms with Crippen LogP contribution in [0.25, 0.3) is 11.8 Å². The van der Waals surface area contributed by atoms with Crippen LogP contribution >= 0.6 is 0 Å². The highest BCUT2D eigenvalue weighted by Crippen LogP contribution is 2.32. The Kier molecular flexibility index (Phi) is 8.04. The zero-order valence-corrected chi connectivity index (χ0v) is 21.3. The lowest BCUT2D eigenvalue weighted by Crippen LogP contribution is -2.43. The second-order valence-electron chi connectivity index (χ2n) is 10.1. The van der Waals surface area contributed by atoms with E-state index in [1.807, 2.05) is 56.3 Å². The molecule has 6 heteroatoms. The lowest BCUT2D eigenvalue weighted by molar-refractivity contribution is -0.123. The predicted molar refractivity (Wildman–Crippen MR) is 143 cm³/mol. The summed E-state index contributed by atoms with van der Waals surface area (Å²) in [5, 5.41) is 14.5. The van der Waals surface area contributed by atoms with Crippen molar-refractivity contribution in [2.45, 2.75) is 58.9 Å². The van der Waals surface area contributed by atoms with Gasteiger partial charge in [-0.25, -0.2) is 9.48 Å². The monoisotopic (exact) mass is 485 g/mol. The van der Waals surface area contributed by atoms with Gasteiger partial charge in [0.05, 0.1) is 5.69 Å². The summed E-state index contributed by atoms with van der Waals surface area (Å²) in [4.78, 5) is 27.2. The summed E-state index contributed by atoms with van der Waals surface area (Å²) in [5.74, 6) is -0.354. The molecule has 188 valence electrons. The number of carboxylic acid groups (broad SMARTS) is 1. The summed E-state index contributed by atoms with van der Waals surface area (Å²) in [7, 11) is 0. The number of aromatic nitrogens is 2. The van der Waals surface area contributed by atoms with Crippen molar-refractivity contribution in [2.24, 2.45) is 11.8 Å². The number of nitrogens with zero attached hydrogens (tertiary/aromatic N) is 3. The molecule has 0 bridgehead atoms. The van der Waals surface area contributed by atoms with Crippen molar-refractivity contribution in [2.75, 3.05) is 4.90 Å². The number of allylic oxidation sites excluding steroid dienone is 1. The predicted octanol–water partition coefficient (Wildman–Crippen LogP) is 6.39. The van der Waals surface area contributed by atoms with Crippen molar-refractivity contribution in [1.29, 1.82) is 0 Å². The third kappa shape index (κ3) is 5.93. The lowest BCUT2D eigenvalue weighted by atomic mass is 9.82. The molecule has 1 saturated carbocycles. The molecule has 36 heavy (non-hydrogen) atoms. The Morgan fingerprint density at radius 2 is 1.72 bits per heavy atom. The minimum Gasteiger partial charge on any atom is -0.477 e. The molecule has 0 aliphatic heterocycles. The Morgan fingerprint density at radius 3 is 2.33 bits per heavy atom. The molecule has 0 saturated heterocycles. The number of carboxylic acids is 1. The minimum atomic E-state index is -1.09. The van der Waals surface area contributed by atoms with Gasteiger partial charge in [0.2, 0.25) is 5.91 Å². The van der Waals surface area contributed by atoms with Crippen LogP contribution in [0.3, 0.4) is 0 Å². The molecule has 0 atom stereocenters. The van der Waals surface area contributed by atoms with E-state index in [0.29, 0.717) is 5.92 Å². The van der Waals surface area contributed by atoms with Gasteiger partial charge in [0.15, 0.2) is 5.82 Å². The molecule has 0 unspecified atom stereocenters. The van der Waals surface area contributed by atoms with Gasteiger partial charge >= 0.3 is 5.97 Å². The number of carbonyl (C=O) groups is 2. The lowest BCUT2D eigenvalue weighted by Gasteiger charge is -2.32. The number of aromatic carboxylic acids is 1. The van der Waals surface area contributed by atoms with Crippen LogP contribution in [0.15, 0.2) is 66.9 Å². The molecular formula is C30H35N3O3.